The predicted octanol–water partition coefficient (Wildman–Crippen LogP) is 3.40. The van der Waals surface area contributed by atoms with Crippen molar-refractivity contribution >= 4 is 27.4 Å². The average Bonchev–Trinajstić information content (AvgIpc) is 2.32. The lowest BCUT2D eigenvalue weighted by Crippen LogP contribution is -2.05. The zero-order valence-electron chi connectivity index (χ0n) is 8.78. The standard InChI is InChI=1S/C13H9BrFNO/c14-9-3-1-8(2-4-9)13(17)11-7-10(16)5-6-12(11)15/h1-7H,16H2. The molecule has 2 nitrogen and oxygen atoms in total. The quantitative estimate of drug-likeness (QED) is 0.681. The Balaban J connectivity index is 2.43. The molecule has 0 spiro atoms. The number of halogens is 2. The fourth-order valence-electron chi connectivity index (χ4n) is 1.47. The van der Waals surface area contributed by atoms with Crippen LogP contribution in [-0.4, -0.2) is 5.78 Å². The highest BCUT2D eigenvalue weighted by Gasteiger charge is 2.13. The van der Waals surface area contributed by atoms with Gasteiger partial charge in [-0.1, -0.05) is 15.9 Å². The Morgan fingerprint density at radius 1 is 1.12 bits per heavy atom. The van der Waals surface area contributed by atoms with E-state index in [1.54, 1.807) is 24.3 Å². The second-order valence-corrected chi connectivity index (χ2v) is 4.49. The molecule has 86 valence electrons. The number of anilines is 1. The van der Waals surface area contributed by atoms with Crippen LogP contribution in [0.15, 0.2) is 46.9 Å². The monoisotopic (exact) mass is 293 g/mol. The molecule has 2 rings (SSSR count). The second-order valence-electron chi connectivity index (χ2n) is 3.58. The number of carbonyl (C=O) groups excluding carboxylic acids is 1. The minimum atomic E-state index is -0.563. The van der Waals surface area contributed by atoms with Crippen LogP contribution in [0.4, 0.5) is 10.1 Å². The van der Waals surface area contributed by atoms with E-state index in [1.807, 2.05) is 0 Å². The summed E-state index contributed by atoms with van der Waals surface area (Å²) in [4.78, 5) is 12.0. The van der Waals surface area contributed by atoms with Crippen molar-refractivity contribution in [3.05, 3.63) is 63.9 Å². The normalized spacial score (nSPS) is 10.2. The van der Waals surface area contributed by atoms with Crippen molar-refractivity contribution in [1.82, 2.24) is 0 Å². The van der Waals surface area contributed by atoms with Gasteiger partial charge in [-0.2, -0.15) is 0 Å². The topological polar surface area (TPSA) is 43.1 Å². The van der Waals surface area contributed by atoms with Crippen molar-refractivity contribution in [2.75, 3.05) is 5.73 Å². The number of benzene rings is 2. The van der Waals surface area contributed by atoms with Crippen LogP contribution < -0.4 is 5.73 Å². The molecular formula is C13H9BrFNO. The maximum atomic E-state index is 13.5. The molecule has 2 aromatic carbocycles. The summed E-state index contributed by atoms with van der Waals surface area (Å²) >= 11 is 3.27. The molecule has 0 aliphatic heterocycles. The van der Waals surface area contributed by atoms with Crippen LogP contribution in [0.1, 0.15) is 15.9 Å². The summed E-state index contributed by atoms with van der Waals surface area (Å²) in [6.45, 7) is 0. The van der Waals surface area contributed by atoms with Gasteiger partial charge in [0.05, 0.1) is 5.56 Å². The molecular weight excluding hydrogens is 285 g/mol. The number of hydrogen-bond acceptors (Lipinski definition) is 2. The number of nitrogens with two attached hydrogens (primary N) is 1. The molecule has 17 heavy (non-hydrogen) atoms. The van der Waals surface area contributed by atoms with E-state index in [2.05, 4.69) is 15.9 Å². The van der Waals surface area contributed by atoms with E-state index in [4.69, 9.17) is 5.73 Å². The molecule has 0 atom stereocenters. The van der Waals surface area contributed by atoms with Gasteiger partial charge < -0.3 is 5.73 Å². The smallest absolute Gasteiger partial charge is 0.196 e. The van der Waals surface area contributed by atoms with Crippen LogP contribution >= 0.6 is 15.9 Å². The third-order valence-corrected chi connectivity index (χ3v) is 2.87. The molecule has 0 heterocycles. The molecule has 2 aromatic rings. The highest BCUT2D eigenvalue weighted by atomic mass is 79.9. The first-order chi connectivity index (χ1) is 8.08. The minimum absolute atomic E-state index is 0.00711. The molecule has 0 aliphatic rings. The number of hydrogen-bond donors (Lipinski definition) is 1. The molecule has 0 aliphatic carbocycles. The fraction of sp³-hybridized carbons (Fsp3) is 0. The minimum Gasteiger partial charge on any atom is -0.399 e. The largest absolute Gasteiger partial charge is 0.399 e. The second kappa shape index (κ2) is 4.67. The summed E-state index contributed by atoms with van der Waals surface area (Å²) in [6, 6.07) is 10.7. The van der Waals surface area contributed by atoms with Gasteiger partial charge in [0.1, 0.15) is 5.82 Å². The number of rotatable bonds is 2. The van der Waals surface area contributed by atoms with Crippen LogP contribution in [0, 0.1) is 5.82 Å². The maximum Gasteiger partial charge on any atom is 0.196 e. The first-order valence-corrected chi connectivity index (χ1v) is 5.72. The summed E-state index contributed by atoms with van der Waals surface area (Å²) in [6.07, 6.45) is 0. The van der Waals surface area contributed by atoms with Gasteiger partial charge in [-0.05, 0) is 42.5 Å². The fourth-order valence-corrected chi connectivity index (χ4v) is 1.74. The lowest BCUT2D eigenvalue weighted by Gasteiger charge is -2.04. The zero-order valence-corrected chi connectivity index (χ0v) is 10.4. The molecule has 0 amide bonds. The molecule has 0 saturated carbocycles. The third-order valence-electron chi connectivity index (χ3n) is 2.34. The molecule has 0 radical (unpaired) electrons. The van der Waals surface area contributed by atoms with Crippen molar-refractivity contribution in [3.8, 4) is 0 Å². The van der Waals surface area contributed by atoms with Gasteiger partial charge in [-0.3, -0.25) is 4.79 Å². The van der Waals surface area contributed by atoms with Crippen molar-refractivity contribution in [1.29, 1.82) is 0 Å². The summed E-state index contributed by atoms with van der Waals surface area (Å²) in [7, 11) is 0. The highest BCUT2D eigenvalue weighted by molar-refractivity contribution is 9.10. The predicted molar refractivity (Wildman–Crippen MR) is 68.4 cm³/mol. The Morgan fingerprint density at radius 2 is 1.76 bits per heavy atom. The van der Waals surface area contributed by atoms with Crippen molar-refractivity contribution in [2.45, 2.75) is 0 Å². The highest BCUT2D eigenvalue weighted by Crippen LogP contribution is 2.18. The van der Waals surface area contributed by atoms with E-state index in [1.165, 1.54) is 18.2 Å². The Labute approximate surface area is 106 Å². The molecule has 0 fully saturated rings. The van der Waals surface area contributed by atoms with Crippen LogP contribution in [0.5, 0.6) is 0 Å². The van der Waals surface area contributed by atoms with Crippen molar-refractivity contribution < 1.29 is 9.18 Å². The Hall–Kier alpha value is -1.68. The third kappa shape index (κ3) is 2.53. The van der Waals surface area contributed by atoms with E-state index in [0.29, 0.717) is 11.3 Å². The van der Waals surface area contributed by atoms with Gasteiger partial charge in [0.15, 0.2) is 5.78 Å². The number of ketones is 1. The molecule has 0 bridgehead atoms. The van der Waals surface area contributed by atoms with E-state index < -0.39 is 5.82 Å². The van der Waals surface area contributed by atoms with Crippen LogP contribution in [0.2, 0.25) is 0 Å². The van der Waals surface area contributed by atoms with Crippen molar-refractivity contribution in [2.24, 2.45) is 0 Å². The summed E-state index contributed by atoms with van der Waals surface area (Å²) in [5.74, 6) is -0.936. The summed E-state index contributed by atoms with van der Waals surface area (Å²) < 4.78 is 14.4. The average molecular weight is 294 g/mol. The van der Waals surface area contributed by atoms with Gasteiger partial charge in [-0.15, -0.1) is 0 Å². The number of carbonyl (C=O) groups is 1. The van der Waals surface area contributed by atoms with Crippen LogP contribution in [-0.2, 0) is 0 Å². The number of nitrogen functional groups attached to an aromatic ring is 1. The van der Waals surface area contributed by atoms with E-state index in [0.717, 1.165) is 4.47 Å². The molecule has 0 unspecified atom stereocenters. The molecule has 2 N–H and O–H groups in total. The summed E-state index contributed by atoms with van der Waals surface area (Å²) in [5.41, 5.74) is 6.33. The lowest BCUT2D eigenvalue weighted by molar-refractivity contribution is 0.103. The van der Waals surface area contributed by atoms with Gasteiger partial charge in [0.2, 0.25) is 0 Å². The molecule has 0 aromatic heterocycles. The van der Waals surface area contributed by atoms with Crippen LogP contribution in [0.25, 0.3) is 0 Å². The Morgan fingerprint density at radius 3 is 2.41 bits per heavy atom. The van der Waals surface area contributed by atoms with Gasteiger partial charge in [0.25, 0.3) is 0 Å². The Kier molecular flexibility index (Phi) is 3.24. The van der Waals surface area contributed by atoms with Gasteiger partial charge >= 0.3 is 0 Å². The summed E-state index contributed by atoms with van der Waals surface area (Å²) in [5, 5.41) is 0. The molecule has 4 heteroatoms. The van der Waals surface area contributed by atoms with Gasteiger partial charge in [-0.25, -0.2) is 4.39 Å². The van der Waals surface area contributed by atoms with E-state index >= 15 is 0 Å². The zero-order chi connectivity index (χ0) is 12.4. The van der Waals surface area contributed by atoms with Gasteiger partial charge in [0, 0.05) is 15.7 Å². The maximum absolute atomic E-state index is 13.5. The first kappa shape index (κ1) is 11.8. The lowest BCUT2D eigenvalue weighted by atomic mass is 10.0. The van der Waals surface area contributed by atoms with Crippen molar-refractivity contribution in [3.63, 3.8) is 0 Å². The van der Waals surface area contributed by atoms with E-state index in [-0.39, 0.29) is 11.3 Å². The SMILES string of the molecule is Nc1ccc(F)c(C(=O)c2ccc(Br)cc2)c1. The Bertz CT molecular complexity index is 566. The van der Waals surface area contributed by atoms with E-state index in [9.17, 15) is 9.18 Å². The molecule has 0 saturated heterocycles. The first-order valence-electron chi connectivity index (χ1n) is 4.93. The van der Waals surface area contributed by atoms with Crippen LogP contribution in [0.3, 0.4) is 0 Å².